The highest BCUT2D eigenvalue weighted by Crippen LogP contribution is 2.29. The maximum absolute atomic E-state index is 12.8. The fraction of sp³-hybridized carbons (Fsp3) is 0.333. The van der Waals surface area contributed by atoms with Gasteiger partial charge in [-0.25, -0.2) is 8.42 Å². The minimum absolute atomic E-state index is 0.389. The number of hydrogen-bond donors (Lipinski definition) is 0. The summed E-state index contributed by atoms with van der Waals surface area (Å²) in [6, 6.07) is 15.4. The van der Waals surface area contributed by atoms with Crippen molar-refractivity contribution in [2.75, 3.05) is 37.3 Å². The summed E-state index contributed by atoms with van der Waals surface area (Å²) >= 11 is 1.72. The molecule has 0 atom stereocenters. The first-order valence-electron chi connectivity index (χ1n) is 7.97. The van der Waals surface area contributed by atoms with E-state index in [4.69, 9.17) is 0 Å². The van der Waals surface area contributed by atoms with Gasteiger partial charge in [0.05, 0.1) is 10.6 Å². The molecule has 1 fully saturated rings. The Bertz CT molecular complexity index is 813. The highest BCUT2D eigenvalue weighted by Gasteiger charge is 2.29. The number of sulfonamides is 1. The lowest BCUT2D eigenvalue weighted by Gasteiger charge is -2.36. The zero-order valence-electron chi connectivity index (χ0n) is 14.0. The van der Waals surface area contributed by atoms with Gasteiger partial charge < -0.3 is 4.90 Å². The number of rotatable bonds is 4. The Balaban J connectivity index is 1.75. The van der Waals surface area contributed by atoms with Crippen molar-refractivity contribution < 1.29 is 8.42 Å². The zero-order valence-corrected chi connectivity index (χ0v) is 15.6. The zero-order chi connectivity index (χ0) is 17.2. The molecule has 1 saturated heterocycles. The summed E-state index contributed by atoms with van der Waals surface area (Å²) in [4.78, 5) is 3.89. The Morgan fingerprint density at radius 1 is 0.958 bits per heavy atom. The molecule has 128 valence electrons. The number of para-hydroxylation sites is 1. The van der Waals surface area contributed by atoms with E-state index in [2.05, 4.69) is 23.3 Å². The Kier molecular flexibility index (Phi) is 5.18. The Labute approximate surface area is 148 Å². The molecule has 0 bridgehead atoms. The molecule has 2 aromatic carbocycles. The monoisotopic (exact) mass is 362 g/mol. The van der Waals surface area contributed by atoms with Crippen LogP contribution in [0.4, 0.5) is 5.69 Å². The summed E-state index contributed by atoms with van der Waals surface area (Å²) in [6.45, 7) is 4.36. The summed E-state index contributed by atoms with van der Waals surface area (Å²) in [5.74, 6) is 0. The van der Waals surface area contributed by atoms with Crippen LogP contribution in [0.25, 0.3) is 0 Å². The van der Waals surface area contributed by atoms with E-state index in [1.54, 1.807) is 34.3 Å². The van der Waals surface area contributed by atoms with Gasteiger partial charge in [-0.2, -0.15) is 4.31 Å². The molecule has 1 aliphatic heterocycles. The van der Waals surface area contributed by atoms with Crippen LogP contribution in [0.3, 0.4) is 0 Å². The standard InChI is InChI=1S/C18H22N2O2S2/c1-15-6-5-7-16(14-15)24(21,22)20-12-10-19(11-13-20)17-8-3-4-9-18(17)23-2/h3-9,14H,10-13H2,1-2H3. The van der Waals surface area contributed by atoms with Crippen molar-refractivity contribution in [3.8, 4) is 0 Å². The molecule has 0 amide bonds. The normalized spacial score (nSPS) is 16.3. The molecule has 0 spiro atoms. The minimum Gasteiger partial charge on any atom is -0.368 e. The molecule has 0 unspecified atom stereocenters. The van der Waals surface area contributed by atoms with Crippen LogP contribution in [0.2, 0.25) is 0 Å². The fourth-order valence-electron chi connectivity index (χ4n) is 2.99. The average Bonchev–Trinajstić information content (AvgIpc) is 2.62. The van der Waals surface area contributed by atoms with Crippen LogP contribution in [0.5, 0.6) is 0 Å². The summed E-state index contributed by atoms with van der Waals surface area (Å²) in [6.07, 6.45) is 2.07. The number of anilines is 1. The second-order valence-corrected chi connectivity index (χ2v) is 8.67. The van der Waals surface area contributed by atoms with E-state index in [0.29, 0.717) is 31.1 Å². The quantitative estimate of drug-likeness (QED) is 0.783. The first-order chi connectivity index (χ1) is 11.5. The van der Waals surface area contributed by atoms with Crippen molar-refractivity contribution in [1.29, 1.82) is 0 Å². The second kappa shape index (κ2) is 7.17. The van der Waals surface area contributed by atoms with Crippen molar-refractivity contribution in [3.63, 3.8) is 0 Å². The van der Waals surface area contributed by atoms with Crippen molar-refractivity contribution in [2.45, 2.75) is 16.7 Å². The Hall–Kier alpha value is -1.50. The molecular weight excluding hydrogens is 340 g/mol. The summed E-state index contributed by atoms with van der Waals surface area (Å²) < 4.78 is 27.2. The highest BCUT2D eigenvalue weighted by molar-refractivity contribution is 7.98. The van der Waals surface area contributed by atoms with Crippen LogP contribution in [-0.2, 0) is 10.0 Å². The fourth-order valence-corrected chi connectivity index (χ4v) is 5.13. The van der Waals surface area contributed by atoms with E-state index in [-0.39, 0.29) is 0 Å². The molecule has 0 aromatic heterocycles. The third-order valence-corrected chi connectivity index (χ3v) is 6.97. The van der Waals surface area contributed by atoms with E-state index in [1.165, 1.54) is 10.6 Å². The molecule has 3 rings (SSSR count). The molecule has 1 aliphatic rings. The summed E-state index contributed by atoms with van der Waals surface area (Å²) in [5, 5.41) is 0. The third-order valence-electron chi connectivity index (χ3n) is 4.29. The van der Waals surface area contributed by atoms with Gasteiger partial charge in [-0.3, -0.25) is 0 Å². The number of hydrogen-bond acceptors (Lipinski definition) is 4. The van der Waals surface area contributed by atoms with Crippen LogP contribution in [0.1, 0.15) is 5.56 Å². The largest absolute Gasteiger partial charge is 0.368 e. The number of aryl methyl sites for hydroxylation is 1. The van der Waals surface area contributed by atoms with Gasteiger partial charge in [-0.05, 0) is 43.0 Å². The van der Waals surface area contributed by atoms with Gasteiger partial charge >= 0.3 is 0 Å². The van der Waals surface area contributed by atoms with Crippen LogP contribution in [0, 0.1) is 6.92 Å². The highest BCUT2D eigenvalue weighted by atomic mass is 32.2. The van der Waals surface area contributed by atoms with Gasteiger partial charge in [0.15, 0.2) is 0 Å². The maximum Gasteiger partial charge on any atom is 0.243 e. The van der Waals surface area contributed by atoms with Crippen molar-refractivity contribution in [2.24, 2.45) is 0 Å². The smallest absolute Gasteiger partial charge is 0.243 e. The average molecular weight is 363 g/mol. The molecular formula is C18H22N2O2S2. The van der Waals surface area contributed by atoms with Gasteiger partial charge in [0.2, 0.25) is 10.0 Å². The van der Waals surface area contributed by atoms with Crippen molar-refractivity contribution in [3.05, 3.63) is 54.1 Å². The van der Waals surface area contributed by atoms with Crippen LogP contribution in [-0.4, -0.2) is 45.2 Å². The Morgan fingerprint density at radius 2 is 1.67 bits per heavy atom. The SMILES string of the molecule is CSc1ccccc1N1CCN(S(=O)(=O)c2cccc(C)c2)CC1. The predicted molar refractivity (Wildman–Crippen MR) is 100 cm³/mol. The molecule has 0 N–H and O–H groups in total. The molecule has 0 saturated carbocycles. The number of piperazine rings is 1. The molecule has 0 radical (unpaired) electrons. The van der Waals surface area contributed by atoms with E-state index in [0.717, 1.165) is 5.56 Å². The van der Waals surface area contributed by atoms with E-state index in [1.807, 2.05) is 25.1 Å². The van der Waals surface area contributed by atoms with Gasteiger partial charge in [0.25, 0.3) is 0 Å². The molecule has 0 aliphatic carbocycles. The lowest BCUT2D eigenvalue weighted by atomic mass is 10.2. The minimum atomic E-state index is -3.40. The molecule has 6 heteroatoms. The third kappa shape index (κ3) is 3.45. The number of nitrogens with zero attached hydrogens (tertiary/aromatic N) is 2. The van der Waals surface area contributed by atoms with Gasteiger partial charge in [-0.1, -0.05) is 24.3 Å². The lowest BCUT2D eigenvalue weighted by molar-refractivity contribution is 0.384. The molecule has 1 heterocycles. The van der Waals surface area contributed by atoms with E-state index >= 15 is 0 Å². The lowest BCUT2D eigenvalue weighted by Crippen LogP contribution is -2.48. The van der Waals surface area contributed by atoms with E-state index < -0.39 is 10.0 Å². The molecule has 4 nitrogen and oxygen atoms in total. The first kappa shape index (κ1) is 17.3. The van der Waals surface area contributed by atoms with Gasteiger partial charge in [0.1, 0.15) is 0 Å². The number of thioether (sulfide) groups is 1. The second-order valence-electron chi connectivity index (χ2n) is 5.88. The maximum atomic E-state index is 12.8. The van der Waals surface area contributed by atoms with Gasteiger partial charge in [0, 0.05) is 31.1 Å². The van der Waals surface area contributed by atoms with Crippen LogP contribution < -0.4 is 4.90 Å². The van der Waals surface area contributed by atoms with Gasteiger partial charge in [-0.15, -0.1) is 11.8 Å². The summed E-state index contributed by atoms with van der Waals surface area (Å²) in [7, 11) is -3.40. The predicted octanol–water partition coefficient (Wildman–Crippen LogP) is 3.23. The molecule has 2 aromatic rings. The van der Waals surface area contributed by atoms with Crippen LogP contribution in [0.15, 0.2) is 58.3 Å². The molecule has 24 heavy (non-hydrogen) atoms. The summed E-state index contributed by atoms with van der Waals surface area (Å²) in [5.41, 5.74) is 2.15. The van der Waals surface area contributed by atoms with Crippen molar-refractivity contribution in [1.82, 2.24) is 4.31 Å². The van der Waals surface area contributed by atoms with Crippen LogP contribution >= 0.6 is 11.8 Å². The van der Waals surface area contributed by atoms with E-state index in [9.17, 15) is 8.42 Å². The Morgan fingerprint density at radius 3 is 2.33 bits per heavy atom. The topological polar surface area (TPSA) is 40.6 Å². The number of benzene rings is 2. The van der Waals surface area contributed by atoms with Crippen molar-refractivity contribution >= 4 is 27.5 Å². The first-order valence-corrected chi connectivity index (χ1v) is 10.6.